The van der Waals surface area contributed by atoms with Crippen molar-refractivity contribution in [2.75, 3.05) is 16.4 Å². The van der Waals surface area contributed by atoms with E-state index in [1.54, 1.807) is 36.0 Å². The van der Waals surface area contributed by atoms with E-state index < -0.39 is 0 Å². The first-order valence-corrected chi connectivity index (χ1v) is 8.32. The summed E-state index contributed by atoms with van der Waals surface area (Å²) in [5.74, 6) is -0.142. The second-order valence-corrected chi connectivity index (χ2v) is 6.12. The Morgan fingerprint density at radius 1 is 1.12 bits per heavy atom. The number of benzene rings is 1. The molecule has 0 aliphatic heterocycles. The number of carbonyl (C=O) groups is 2. The van der Waals surface area contributed by atoms with Crippen molar-refractivity contribution in [1.82, 2.24) is 25.0 Å². The number of rotatable bonds is 5. The summed E-state index contributed by atoms with van der Waals surface area (Å²) in [4.78, 5) is 31.4. The number of nitrogens with one attached hydrogen (secondary N) is 2. The minimum Gasteiger partial charge on any atom is -0.326 e. The lowest BCUT2D eigenvalue weighted by Gasteiger charge is -2.07. The quantitative estimate of drug-likeness (QED) is 0.524. The van der Waals surface area contributed by atoms with E-state index in [2.05, 4.69) is 30.9 Å². The van der Waals surface area contributed by atoms with Crippen molar-refractivity contribution < 1.29 is 9.59 Å². The molecule has 0 unspecified atom stereocenters. The van der Waals surface area contributed by atoms with Crippen LogP contribution in [0.4, 0.5) is 11.4 Å². The molecule has 0 atom stereocenters. The Balaban J connectivity index is 1.60. The molecule has 1 aromatic carbocycles. The molecule has 9 nitrogen and oxygen atoms in total. The number of fused-ring (bicyclic) bond motifs is 1. The van der Waals surface area contributed by atoms with Gasteiger partial charge in [-0.1, -0.05) is 17.0 Å². The van der Waals surface area contributed by atoms with Crippen LogP contribution in [0.25, 0.3) is 11.2 Å². The molecule has 0 bridgehead atoms. The Hall–Kier alpha value is -3.01. The third-order valence-corrected chi connectivity index (χ3v) is 4.16. The zero-order valence-corrected chi connectivity index (χ0v) is 14.4. The molecule has 25 heavy (non-hydrogen) atoms. The van der Waals surface area contributed by atoms with Crippen molar-refractivity contribution in [1.29, 1.82) is 0 Å². The Bertz CT molecular complexity index is 923. The van der Waals surface area contributed by atoms with Gasteiger partial charge in [-0.25, -0.2) is 14.6 Å². The van der Waals surface area contributed by atoms with Crippen molar-refractivity contribution in [2.45, 2.75) is 11.9 Å². The fraction of sp³-hybridized carbons (Fsp3) is 0.200. The van der Waals surface area contributed by atoms with E-state index in [0.29, 0.717) is 27.6 Å². The van der Waals surface area contributed by atoms with Gasteiger partial charge in [-0.2, -0.15) is 0 Å². The fourth-order valence-corrected chi connectivity index (χ4v) is 2.84. The fourth-order valence-electron chi connectivity index (χ4n) is 2.11. The van der Waals surface area contributed by atoms with Gasteiger partial charge in [0.15, 0.2) is 11.2 Å². The Morgan fingerprint density at radius 3 is 2.48 bits per heavy atom. The molecule has 0 saturated heterocycles. The molecule has 0 aliphatic carbocycles. The second kappa shape index (κ2) is 7.26. The van der Waals surface area contributed by atoms with Gasteiger partial charge in [-0.15, -0.1) is 5.10 Å². The van der Waals surface area contributed by atoms with Crippen LogP contribution in [-0.2, 0) is 16.6 Å². The molecule has 10 heteroatoms. The third-order valence-electron chi connectivity index (χ3n) is 3.18. The van der Waals surface area contributed by atoms with Crippen molar-refractivity contribution in [2.24, 2.45) is 7.05 Å². The first-order chi connectivity index (χ1) is 12.0. The molecule has 128 valence electrons. The normalized spacial score (nSPS) is 10.6. The van der Waals surface area contributed by atoms with Gasteiger partial charge in [0.2, 0.25) is 11.8 Å². The standard InChI is InChI=1S/C15H15N7O2S/c1-9(23)18-10-3-5-11(6-4-10)19-12(24)7-25-15-13-14(16-8-17-15)22(2)21-20-13/h3-6,8H,7H2,1-2H3,(H,18,23)(H,19,24). The summed E-state index contributed by atoms with van der Waals surface area (Å²) in [5, 5.41) is 14.0. The van der Waals surface area contributed by atoms with E-state index in [0.717, 1.165) is 0 Å². The maximum atomic E-state index is 12.1. The van der Waals surface area contributed by atoms with Crippen molar-refractivity contribution in [3.63, 3.8) is 0 Å². The van der Waals surface area contributed by atoms with E-state index in [1.807, 2.05) is 0 Å². The molecule has 0 radical (unpaired) electrons. The highest BCUT2D eigenvalue weighted by molar-refractivity contribution is 8.00. The van der Waals surface area contributed by atoms with Crippen molar-refractivity contribution in [3.8, 4) is 0 Å². The summed E-state index contributed by atoms with van der Waals surface area (Å²) in [6.07, 6.45) is 1.42. The average Bonchev–Trinajstić information content (AvgIpc) is 2.96. The summed E-state index contributed by atoms with van der Waals surface area (Å²) in [6, 6.07) is 6.88. The smallest absolute Gasteiger partial charge is 0.234 e. The van der Waals surface area contributed by atoms with Crippen LogP contribution >= 0.6 is 11.8 Å². The lowest BCUT2D eigenvalue weighted by molar-refractivity contribution is -0.114. The van der Waals surface area contributed by atoms with E-state index in [4.69, 9.17) is 0 Å². The minimum absolute atomic E-state index is 0.145. The van der Waals surface area contributed by atoms with E-state index >= 15 is 0 Å². The molecule has 3 rings (SSSR count). The largest absolute Gasteiger partial charge is 0.326 e. The summed E-state index contributed by atoms with van der Waals surface area (Å²) < 4.78 is 1.55. The summed E-state index contributed by atoms with van der Waals surface area (Å²) >= 11 is 1.27. The van der Waals surface area contributed by atoms with Crippen LogP contribution in [0.3, 0.4) is 0 Å². The van der Waals surface area contributed by atoms with Crippen LogP contribution in [0.5, 0.6) is 0 Å². The van der Waals surface area contributed by atoms with Gasteiger partial charge in [-0.3, -0.25) is 9.59 Å². The number of carbonyl (C=O) groups excluding carboxylic acids is 2. The van der Waals surface area contributed by atoms with Gasteiger partial charge in [0, 0.05) is 25.3 Å². The number of aromatic nitrogens is 5. The van der Waals surface area contributed by atoms with Crippen LogP contribution in [0, 0.1) is 0 Å². The minimum atomic E-state index is -0.173. The monoisotopic (exact) mass is 357 g/mol. The van der Waals surface area contributed by atoms with E-state index in [-0.39, 0.29) is 17.6 Å². The molecule has 0 spiro atoms. The molecule has 2 N–H and O–H groups in total. The highest BCUT2D eigenvalue weighted by atomic mass is 32.2. The van der Waals surface area contributed by atoms with Crippen molar-refractivity contribution in [3.05, 3.63) is 30.6 Å². The predicted octanol–water partition coefficient (Wildman–Crippen LogP) is 1.45. The highest BCUT2D eigenvalue weighted by Crippen LogP contribution is 2.22. The molecule has 2 amide bonds. The number of hydrogen-bond donors (Lipinski definition) is 2. The lowest BCUT2D eigenvalue weighted by atomic mass is 10.3. The predicted molar refractivity (Wildman–Crippen MR) is 94.2 cm³/mol. The third kappa shape index (κ3) is 4.10. The Labute approximate surface area is 147 Å². The zero-order chi connectivity index (χ0) is 17.8. The second-order valence-electron chi connectivity index (χ2n) is 5.16. The number of nitrogens with zero attached hydrogens (tertiary/aromatic N) is 5. The molecule has 2 aromatic heterocycles. The van der Waals surface area contributed by atoms with Crippen LogP contribution in [0.1, 0.15) is 6.92 Å². The maximum Gasteiger partial charge on any atom is 0.234 e. The van der Waals surface area contributed by atoms with Gasteiger partial charge in [0.1, 0.15) is 11.4 Å². The maximum absolute atomic E-state index is 12.1. The van der Waals surface area contributed by atoms with Crippen LogP contribution in [-0.4, -0.2) is 42.5 Å². The van der Waals surface area contributed by atoms with E-state index in [9.17, 15) is 9.59 Å². The van der Waals surface area contributed by atoms with Crippen molar-refractivity contribution >= 4 is 46.1 Å². The number of aryl methyl sites for hydroxylation is 1. The molecule has 3 aromatic rings. The molecule has 0 saturated carbocycles. The molecular weight excluding hydrogens is 342 g/mol. The number of amides is 2. The molecule has 0 fully saturated rings. The first-order valence-electron chi connectivity index (χ1n) is 7.33. The topological polar surface area (TPSA) is 115 Å². The lowest BCUT2D eigenvalue weighted by Crippen LogP contribution is -2.14. The Morgan fingerprint density at radius 2 is 1.80 bits per heavy atom. The van der Waals surface area contributed by atoms with E-state index in [1.165, 1.54) is 25.0 Å². The number of hydrogen-bond acceptors (Lipinski definition) is 7. The summed E-state index contributed by atoms with van der Waals surface area (Å²) in [5.41, 5.74) is 2.51. The van der Waals surface area contributed by atoms with Gasteiger partial charge in [0.25, 0.3) is 0 Å². The van der Waals surface area contributed by atoms with Gasteiger partial charge < -0.3 is 10.6 Å². The SMILES string of the molecule is CC(=O)Nc1ccc(NC(=O)CSc2ncnc3c2nnn3C)cc1. The number of thioether (sulfide) groups is 1. The summed E-state index contributed by atoms with van der Waals surface area (Å²) in [7, 11) is 1.74. The number of anilines is 2. The van der Waals surface area contributed by atoms with Gasteiger partial charge in [0.05, 0.1) is 5.75 Å². The highest BCUT2D eigenvalue weighted by Gasteiger charge is 2.12. The zero-order valence-electron chi connectivity index (χ0n) is 13.6. The summed E-state index contributed by atoms with van der Waals surface area (Å²) in [6.45, 7) is 1.44. The first kappa shape index (κ1) is 16.8. The van der Waals surface area contributed by atoms with Crippen LogP contribution in [0.15, 0.2) is 35.6 Å². The molecule has 2 heterocycles. The molecular formula is C15H15N7O2S. The van der Waals surface area contributed by atoms with Crippen LogP contribution in [0.2, 0.25) is 0 Å². The Kier molecular flexibility index (Phi) is 4.89. The molecule has 0 aliphatic rings. The van der Waals surface area contributed by atoms with Crippen LogP contribution < -0.4 is 10.6 Å². The van der Waals surface area contributed by atoms with Gasteiger partial charge in [-0.05, 0) is 24.3 Å². The average molecular weight is 357 g/mol. The van der Waals surface area contributed by atoms with Gasteiger partial charge >= 0.3 is 0 Å².